The average molecular weight is 241 g/mol. The molecule has 0 fully saturated rings. The molecule has 0 radical (unpaired) electrons. The van der Waals surface area contributed by atoms with Crippen molar-refractivity contribution in [2.24, 2.45) is 5.92 Å². The molecule has 0 unspecified atom stereocenters. The lowest BCUT2D eigenvalue weighted by atomic mass is 10.0. The maximum atomic E-state index is 11.5. The minimum absolute atomic E-state index is 0.106. The van der Waals surface area contributed by atoms with Gasteiger partial charge in [0.25, 0.3) is 0 Å². The van der Waals surface area contributed by atoms with Gasteiger partial charge >= 0.3 is 0 Å². The van der Waals surface area contributed by atoms with E-state index in [-0.39, 0.29) is 11.7 Å². The van der Waals surface area contributed by atoms with Gasteiger partial charge in [0, 0.05) is 12.3 Å². The van der Waals surface area contributed by atoms with E-state index in [0.717, 1.165) is 12.0 Å². The van der Waals surface area contributed by atoms with Crippen LogP contribution < -0.4 is 4.74 Å². The molecule has 1 aromatic carbocycles. The van der Waals surface area contributed by atoms with Crippen molar-refractivity contribution >= 4 is 17.4 Å². The zero-order chi connectivity index (χ0) is 12.1. The summed E-state index contributed by atoms with van der Waals surface area (Å²) in [5, 5.41) is 0.599. The van der Waals surface area contributed by atoms with Crippen LogP contribution in [0.1, 0.15) is 25.8 Å². The Labute approximate surface area is 102 Å². The highest BCUT2D eigenvalue weighted by Crippen LogP contribution is 2.25. The van der Waals surface area contributed by atoms with Crippen LogP contribution in [0.5, 0.6) is 5.75 Å². The first-order valence-electron chi connectivity index (χ1n) is 5.39. The van der Waals surface area contributed by atoms with Crippen molar-refractivity contribution in [3.05, 3.63) is 28.8 Å². The number of halogens is 1. The summed E-state index contributed by atoms with van der Waals surface area (Å²) in [6.07, 6.45) is 1.31. The van der Waals surface area contributed by atoms with Gasteiger partial charge < -0.3 is 4.74 Å². The zero-order valence-corrected chi connectivity index (χ0v) is 10.7. The van der Waals surface area contributed by atoms with Gasteiger partial charge in [-0.3, -0.25) is 4.79 Å². The topological polar surface area (TPSA) is 26.3 Å². The van der Waals surface area contributed by atoms with E-state index in [0.29, 0.717) is 17.2 Å². The zero-order valence-electron chi connectivity index (χ0n) is 9.92. The molecule has 0 N–H and O–H groups in total. The number of hydrogen-bond acceptors (Lipinski definition) is 2. The molecule has 0 atom stereocenters. The van der Waals surface area contributed by atoms with E-state index in [4.69, 9.17) is 16.3 Å². The van der Waals surface area contributed by atoms with Crippen molar-refractivity contribution < 1.29 is 9.53 Å². The number of rotatable bonds is 5. The Morgan fingerprint density at radius 2 is 2.12 bits per heavy atom. The normalized spacial score (nSPS) is 10.6. The quantitative estimate of drug-likeness (QED) is 0.787. The number of benzene rings is 1. The molecule has 0 aromatic heterocycles. The summed E-state index contributed by atoms with van der Waals surface area (Å²) in [6.45, 7) is 3.84. The van der Waals surface area contributed by atoms with Crippen LogP contribution in [0.3, 0.4) is 0 Å². The van der Waals surface area contributed by atoms with Crippen molar-refractivity contribution in [1.29, 1.82) is 0 Å². The first kappa shape index (κ1) is 13.0. The van der Waals surface area contributed by atoms with E-state index < -0.39 is 0 Å². The smallest absolute Gasteiger partial charge is 0.137 e. The molecule has 16 heavy (non-hydrogen) atoms. The van der Waals surface area contributed by atoms with Crippen molar-refractivity contribution in [3.63, 3.8) is 0 Å². The minimum atomic E-state index is 0.106. The molecule has 0 aliphatic heterocycles. The second-order valence-electron chi connectivity index (χ2n) is 4.09. The van der Waals surface area contributed by atoms with Gasteiger partial charge in [0.1, 0.15) is 11.5 Å². The molecule has 1 aromatic rings. The molecule has 0 heterocycles. The Morgan fingerprint density at radius 3 is 2.69 bits per heavy atom. The molecule has 2 nitrogen and oxygen atoms in total. The lowest BCUT2D eigenvalue weighted by Gasteiger charge is -2.07. The molecule has 0 spiro atoms. The monoisotopic (exact) mass is 240 g/mol. The Hall–Kier alpha value is -1.02. The van der Waals surface area contributed by atoms with Crippen LogP contribution in [0.4, 0.5) is 0 Å². The predicted molar refractivity (Wildman–Crippen MR) is 66.2 cm³/mol. The van der Waals surface area contributed by atoms with E-state index in [1.165, 1.54) is 0 Å². The van der Waals surface area contributed by atoms with E-state index in [9.17, 15) is 4.79 Å². The Bertz CT molecular complexity index is 372. The highest BCUT2D eigenvalue weighted by molar-refractivity contribution is 6.32. The Balaban J connectivity index is 2.64. The Kier molecular flexibility index (Phi) is 4.81. The fraction of sp³-hybridized carbons (Fsp3) is 0.462. The van der Waals surface area contributed by atoms with Crippen LogP contribution in [0.2, 0.25) is 5.02 Å². The van der Waals surface area contributed by atoms with Crippen LogP contribution in [-0.2, 0) is 11.2 Å². The fourth-order valence-electron chi connectivity index (χ4n) is 1.42. The SMILES string of the molecule is COc1cc(CCC(=O)C(C)C)ccc1Cl. The van der Waals surface area contributed by atoms with Gasteiger partial charge in [-0.25, -0.2) is 0 Å². The fourth-order valence-corrected chi connectivity index (χ4v) is 1.61. The van der Waals surface area contributed by atoms with E-state index in [1.54, 1.807) is 13.2 Å². The number of hydrogen-bond donors (Lipinski definition) is 0. The van der Waals surface area contributed by atoms with E-state index >= 15 is 0 Å². The second-order valence-corrected chi connectivity index (χ2v) is 4.50. The van der Waals surface area contributed by atoms with Crippen molar-refractivity contribution in [2.75, 3.05) is 7.11 Å². The maximum absolute atomic E-state index is 11.5. The first-order chi connectivity index (χ1) is 7.54. The van der Waals surface area contributed by atoms with Crippen LogP contribution in [0.25, 0.3) is 0 Å². The molecule has 1 rings (SSSR count). The summed E-state index contributed by atoms with van der Waals surface area (Å²) in [5.41, 5.74) is 1.08. The van der Waals surface area contributed by atoms with E-state index in [1.807, 2.05) is 26.0 Å². The van der Waals surface area contributed by atoms with Gasteiger partial charge in [0.05, 0.1) is 12.1 Å². The van der Waals surface area contributed by atoms with Gasteiger partial charge in [-0.1, -0.05) is 31.5 Å². The van der Waals surface area contributed by atoms with Gasteiger partial charge in [0.15, 0.2) is 0 Å². The molecule has 0 amide bonds. The largest absolute Gasteiger partial charge is 0.495 e. The third kappa shape index (κ3) is 3.53. The van der Waals surface area contributed by atoms with Crippen LogP contribution in [0.15, 0.2) is 18.2 Å². The second kappa shape index (κ2) is 5.90. The summed E-state index contributed by atoms with van der Waals surface area (Å²) in [4.78, 5) is 11.5. The molecule has 0 saturated heterocycles. The predicted octanol–water partition coefficient (Wildman–Crippen LogP) is 3.51. The minimum Gasteiger partial charge on any atom is -0.495 e. The number of carbonyl (C=O) groups is 1. The van der Waals surface area contributed by atoms with Crippen LogP contribution in [0, 0.1) is 5.92 Å². The summed E-state index contributed by atoms with van der Waals surface area (Å²) in [6, 6.07) is 5.62. The summed E-state index contributed by atoms with van der Waals surface area (Å²) in [7, 11) is 1.59. The van der Waals surface area contributed by atoms with E-state index in [2.05, 4.69) is 0 Å². The van der Waals surface area contributed by atoms with Crippen LogP contribution >= 0.6 is 11.6 Å². The standard InChI is InChI=1S/C13H17ClO2/c1-9(2)12(15)7-5-10-4-6-11(14)13(8-10)16-3/h4,6,8-9H,5,7H2,1-3H3. The molecule has 88 valence electrons. The highest BCUT2D eigenvalue weighted by atomic mass is 35.5. The Morgan fingerprint density at radius 1 is 1.44 bits per heavy atom. The third-order valence-electron chi connectivity index (χ3n) is 2.52. The van der Waals surface area contributed by atoms with Crippen LogP contribution in [-0.4, -0.2) is 12.9 Å². The highest BCUT2D eigenvalue weighted by Gasteiger charge is 2.08. The molecule has 3 heteroatoms. The average Bonchev–Trinajstić information content (AvgIpc) is 2.27. The molecular weight excluding hydrogens is 224 g/mol. The van der Waals surface area contributed by atoms with Crippen molar-refractivity contribution in [2.45, 2.75) is 26.7 Å². The van der Waals surface area contributed by atoms with Gasteiger partial charge in [-0.2, -0.15) is 0 Å². The maximum Gasteiger partial charge on any atom is 0.137 e. The molecule has 0 aliphatic rings. The van der Waals surface area contributed by atoms with Gasteiger partial charge in [0.2, 0.25) is 0 Å². The lowest BCUT2D eigenvalue weighted by molar-refractivity contribution is -0.121. The third-order valence-corrected chi connectivity index (χ3v) is 2.83. The number of aryl methyl sites for hydroxylation is 1. The van der Waals surface area contributed by atoms with Crippen molar-refractivity contribution in [3.8, 4) is 5.75 Å². The number of carbonyl (C=O) groups excluding carboxylic acids is 1. The first-order valence-corrected chi connectivity index (χ1v) is 5.77. The molecular formula is C13H17ClO2. The number of Topliss-reactive ketones (excluding diaryl/α,β-unsaturated/α-hetero) is 1. The van der Waals surface area contributed by atoms with Crippen molar-refractivity contribution in [1.82, 2.24) is 0 Å². The number of ether oxygens (including phenoxy) is 1. The summed E-state index contributed by atoms with van der Waals surface area (Å²) in [5.74, 6) is 1.05. The van der Waals surface area contributed by atoms with Gasteiger partial charge in [-0.15, -0.1) is 0 Å². The van der Waals surface area contributed by atoms with Gasteiger partial charge in [-0.05, 0) is 24.1 Å². The molecule has 0 saturated carbocycles. The summed E-state index contributed by atoms with van der Waals surface area (Å²) >= 11 is 5.92. The molecule has 0 aliphatic carbocycles. The molecule has 0 bridgehead atoms. The lowest BCUT2D eigenvalue weighted by Crippen LogP contribution is -2.07. The summed E-state index contributed by atoms with van der Waals surface area (Å²) < 4.78 is 5.12. The number of methoxy groups -OCH3 is 1. The number of ketones is 1.